The molecule has 0 aliphatic heterocycles. The highest BCUT2D eigenvalue weighted by atomic mass is 79.9. The average Bonchev–Trinajstić information content (AvgIpc) is 3.32. The van der Waals surface area contributed by atoms with Crippen molar-refractivity contribution in [2.45, 2.75) is 6.54 Å². The summed E-state index contributed by atoms with van der Waals surface area (Å²) in [5.41, 5.74) is -12.3. The van der Waals surface area contributed by atoms with E-state index < -0.39 is 144 Å². The maximum atomic E-state index is 15.4. The third-order valence-electron chi connectivity index (χ3n) is 10.2. The number of hydrogen-bond donors (Lipinski definition) is 0. The number of carbonyl (C=O) groups excluding carboxylic acids is 1. The van der Waals surface area contributed by atoms with Crippen LogP contribution in [0.15, 0.2) is 66.7 Å². The van der Waals surface area contributed by atoms with E-state index in [9.17, 15) is 57.5 Å². The predicted octanol–water partition coefficient (Wildman–Crippen LogP) is 9.59. The van der Waals surface area contributed by atoms with Crippen LogP contribution < -0.4 is 31.2 Å². The molecule has 1 aromatic heterocycles. The smallest absolute Gasteiger partial charge is 0.369 e. The van der Waals surface area contributed by atoms with E-state index >= 15 is 35.1 Å². The van der Waals surface area contributed by atoms with Gasteiger partial charge in [-0.2, -0.15) is 4.57 Å². The Bertz CT molecular complexity index is 2780. The number of para-hydroxylation sites is 1. The van der Waals surface area contributed by atoms with Crippen LogP contribution in [0.25, 0.3) is 10.9 Å². The zero-order chi connectivity index (χ0) is 49.7. The first-order valence-corrected chi connectivity index (χ1v) is 19.0. The van der Waals surface area contributed by atoms with Crippen LogP contribution >= 0.6 is 15.9 Å². The number of aromatic nitrogens is 1. The highest BCUT2D eigenvalue weighted by Gasteiger charge is 2.52. The van der Waals surface area contributed by atoms with Crippen molar-refractivity contribution in [3.63, 3.8) is 0 Å². The number of pyridine rings is 1. The third-order valence-corrected chi connectivity index (χ3v) is 10.4. The van der Waals surface area contributed by atoms with Crippen molar-refractivity contribution >= 4 is 60.6 Å². The molecule has 0 saturated heterocycles. The summed E-state index contributed by atoms with van der Waals surface area (Å²) in [5, 5.41) is 1.07. The zero-order valence-corrected chi connectivity index (χ0v) is 33.6. The second-order valence-electron chi connectivity index (χ2n) is 13.7. The zero-order valence-electron chi connectivity index (χ0n) is 32.0. The highest BCUT2D eigenvalue weighted by molar-refractivity contribution is 9.09. The van der Waals surface area contributed by atoms with Gasteiger partial charge in [0.25, 0.3) is 0 Å². The molecule has 3 nitrogen and oxygen atoms in total. The van der Waals surface area contributed by atoms with Gasteiger partial charge >= 0.3 is 5.88 Å². The Morgan fingerprint density at radius 2 is 0.701 bits per heavy atom. The van der Waals surface area contributed by atoms with E-state index in [1.807, 2.05) is 71.3 Å². The minimum Gasteiger partial charge on any atom is -0.433 e. The molecule has 0 saturated carbocycles. The van der Waals surface area contributed by atoms with Gasteiger partial charge in [0.15, 0.2) is 69.8 Å². The molecule has 25 heteroatoms. The molecule has 67 heavy (non-hydrogen) atoms. The number of alkyl halides is 1. The van der Waals surface area contributed by atoms with Gasteiger partial charge in [0.2, 0.25) is 17.8 Å². The maximum Gasteiger partial charge on any atom is 0.369 e. The summed E-state index contributed by atoms with van der Waals surface area (Å²) >= 11 is 3.27. The van der Waals surface area contributed by atoms with E-state index in [0.717, 1.165) is 10.9 Å². The standard InChI is InChI=1S/C24BF20.C18H15BrNO2/c26-5-1(6(27)14(35)21(42)13(5)34)25(2-7(28)15(36)22(43)16(37)8(2)29,3-9(30)17(38)23(44)18(39)10(3)31)4-11(32)19(40)24(45)20(41)12(4)33;19-13-22-18-11-10-14-6-4-5-9-16(14)20(18)12-17(21)15-7-2-1-3-8-15/h;1-11H,12-13H2/q-1;+1. The number of ketones is 1. The Balaban J connectivity index is 0.000000279. The van der Waals surface area contributed by atoms with Crippen molar-refractivity contribution in [1.29, 1.82) is 0 Å². The Kier molecular flexibility index (Phi) is 14.1. The molecule has 0 atom stereocenters. The second-order valence-corrected chi connectivity index (χ2v) is 14.1. The van der Waals surface area contributed by atoms with Gasteiger partial charge in [0.05, 0.1) is 6.07 Å². The van der Waals surface area contributed by atoms with Crippen LogP contribution in [0.1, 0.15) is 10.4 Å². The van der Waals surface area contributed by atoms with Gasteiger partial charge in [0.1, 0.15) is 58.2 Å². The number of carbonyl (C=O) groups is 1. The van der Waals surface area contributed by atoms with Crippen molar-refractivity contribution in [3.8, 4) is 5.88 Å². The summed E-state index contributed by atoms with van der Waals surface area (Å²) in [5.74, 6) is -70.7. The van der Waals surface area contributed by atoms with E-state index in [-0.39, 0.29) is 12.3 Å². The Morgan fingerprint density at radius 3 is 1.03 bits per heavy atom. The summed E-state index contributed by atoms with van der Waals surface area (Å²) in [6, 6.07) is 21.2. The fraction of sp³-hybridized carbons (Fsp3) is 0.0476. The van der Waals surface area contributed by atoms with Crippen LogP contribution in [-0.4, -0.2) is 17.4 Å². The van der Waals surface area contributed by atoms with Gasteiger partial charge in [-0.3, -0.25) is 4.79 Å². The molecule has 0 amide bonds. The molecular weight excluding hydrogens is 1020 g/mol. The molecule has 0 N–H and O–H groups in total. The molecular formula is C42H15BBrF20NO2. The second kappa shape index (κ2) is 18.9. The molecule has 0 radical (unpaired) electrons. The average molecular weight is 1040 g/mol. The fourth-order valence-electron chi connectivity index (χ4n) is 7.32. The lowest BCUT2D eigenvalue weighted by Gasteiger charge is -2.44. The highest BCUT2D eigenvalue weighted by Crippen LogP contribution is 2.31. The lowest BCUT2D eigenvalue weighted by atomic mass is 9.12. The Labute approximate surface area is 368 Å². The van der Waals surface area contributed by atoms with Crippen LogP contribution in [0.5, 0.6) is 5.88 Å². The van der Waals surface area contributed by atoms with Crippen LogP contribution in [0.3, 0.4) is 0 Å². The molecule has 6 aromatic carbocycles. The molecule has 0 unspecified atom stereocenters. The molecule has 1 heterocycles. The largest absolute Gasteiger partial charge is 0.433 e. The van der Waals surface area contributed by atoms with Crippen molar-refractivity contribution in [3.05, 3.63) is 189 Å². The number of benzene rings is 6. The molecule has 0 bridgehead atoms. The molecule has 0 aliphatic carbocycles. The topological polar surface area (TPSA) is 30.2 Å². The first-order chi connectivity index (χ1) is 31.5. The first kappa shape index (κ1) is 49.8. The number of hydrogen-bond acceptors (Lipinski definition) is 2. The summed E-state index contributed by atoms with van der Waals surface area (Å²) < 4.78 is 301. The Morgan fingerprint density at radius 1 is 0.403 bits per heavy atom. The molecule has 0 aliphatic rings. The lowest BCUT2D eigenvalue weighted by Crippen LogP contribution is -2.81. The van der Waals surface area contributed by atoms with E-state index in [2.05, 4.69) is 15.9 Å². The molecule has 0 fully saturated rings. The molecule has 350 valence electrons. The van der Waals surface area contributed by atoms with Crippen LogP contribution in [0.4, 0.5) is 87.8 Å². The minimum atomic E-state index is -7.22. The van der Waals surface area contributed by atoms with E-state index in [0.29, 0.717) is 17.0 Å². The van der Waals surface area contributed by atoms with Gasteiger partial charge in [-0.25, -0.2) is 87.8 Å². The van der Waals surface area contributed by atoms with E-state index in [4.69, 9.17) is 4.74 Å². The maximum absolute atomic E-state index is 15.4. The van der Waals surface area contributed by atoms with Crippen molar-refractivity contribution < 1.29 is 102 Å². The Hall–Kier alpha value is -6.66. The summed E-state index contributed by atoms with van der Waals surface area (Å²) in [4.78, 5) is 12.5. The van der Waals surface area contributed by atoms with Gasteiger partial charge in [0, 0.05) is 17.0 Å². The van der Waals surface area contributed by atoms with Crippen molar-refractivity contribution in [2.24, 2.45) is 0 Å². The van der Waals surface area contributed by atoms with Crippen molar-refractivity contribution in [2.75, 3.05) is 5.52 Å². The number of fused-ring (bicyclic) bond motifs is 1. The SMILES string of the molecule is Fc1c(F)c(F)c([B-](c2c(F)c(F)c(F)c(F)c2F)(c2c(F)c(F)c(F)c(F)c2F)c2c(F)c(F)c(F)c(F)c2F)c(F)c1F.O=C(C[n+]1c(OCBr)ccc2ccccc21)c1ccccc1. The van der Waals surface area contributed by atoms with Gasteiger partial charge in [-0.15, -0.1) is 21.9 Å². The monoisotopic (exact) mass is 1040 g/mol. The third kappa shape index (κ3) is 7.98. The van der Waals surface area contributed by atoms with Gasteiger partial charge in [-0.1, -0.05) is 42.5 Å². The predicted molar refractivity (Wildman–Crippen MR) is 199 cm³/mol. The summed E-state index contributed by atoms with van der Waals surface area (Å²) in [6.07, 6.45) is -7.22. The summed E-state index contributed by atoms with van der Waals surface area (Å²) in [6.45, 7) is 0.244. The van der Waals surface area contributed by atoms with Gasteiger partial charge in [-0.05, 0) is 28.1 Å². The quantitative estimate of drug-likeness (QED) is 0.0275. The van der Waals surface area contributed by atoms with Crippen LogP contribution in [0, 0.1) is 116 Å². The first-order valence-electron chi connectivity index (χ1n) is 17.9. The molecule has 7 aromatic rings. The van der Waals surface area contributed by atoms with E-state index in [1.54, 1.807) is 0 Å². The van der Waals surface area contributed by atoms with Crippen molar-refractivity contribution in [1.82, 2.24) is 0 Å². The van der Waals surface area contributed by atoms with Gasteiger partial charge < -0.3 is 4.74 Å². The number of halogens is 21. The number of rotatable bonds is 9. The minimum absolute atomic E-state index is 0.0568. The fourth-order valence-corrected chi connectivity index (χ4v) is 7.56. The van der Waals surface area contributed by atoms with Crippen LogP contribution in [0.2, 0.25) is 0 Å². The van der Waals surface area contributed by atoms with Crippen LogP contribution in [-0.2, 0) is 6.54 Å². The summed E-state index contributed by atoms with van der Waals surface area (Å²) in [7, 11) is 0. The molecule has 7 rings (SSSR count). The lowest BCUT2D eigenvalue weighted by molar-refractivity contribution is -0.662. The normalized spacial score (nSPS) is 11.5. The number of Topliss-reactive ketones (excluding diaryl/α,β-unsaturated/α-hetero) is 1. The number of nitrogens with zero attached hydrogens (tertiary/aromatic N) is 1. The number of ether oxygens (including phenoxy) is 1. The van der Waals surface area contributed by atoms with E-state index in [1.165, 1.54) is 0 Å². The molecule has 0 spiro atoms.